The third-order valence-corrected chi connectivity index (χ3v) is 3.20. The summed E-state index contributed by atoms with van der Waals surface area (Å²) in [7, 11) is 0. The van der Waals surface area contributed by atoms with Gasteiger partial charge in [-0.3, -0.25) is 0 Å². The Morgan fingerprint density at radius 3 is 2.59 bits per heavy atom. The van der Waals surface area contributed by atoms with Crippen LogP contribution in [0.1, 0.15) is 52.0 Å². The Kier molecular flexibility index (Phi) is 5.11. The van der Waals surface area contributed by atoms with E-state index in [1.165, 1.54) is 19.3 Å². The lowest BCUT2D eigenvalue weighted by Crippen LogP contribution is -2.17. The number of hydrogen-bond acceptors (Lipinski definition) is 2. The molecule has 0 heterocycles. The number of aliphatic imine (C=N–C) groups is 1. The third kappa shape index (κ3) is 3.83. The zero-order chi connectivity index (χ0) is 12.7. The van der Waals surface area contributed by atoms with Gasteiger partial charge in [-0.25, -0.2) is 4.79 Å². The Morgan fingerprint density at radius 1 is 1.24 bits per heavy atom. The number of para-hydroxylation sites is 1. The van der Waals surface area contributed by atoms with Crippen molar-refractivity contribution in [1.82, 2.24) is 0 Å². The molecule has 0 aliphatic rings. The Bertz CT molecular complexity index is 403. The van der Waals surface area contributed by atoms with E-state index in [9.17, 15) is 4.79 Å². The predicted octanol–water partition coefficient (Wildman–Crippen LogP) is 4.51. The van der Waals surface area contributed by atoms with Gasteiger partial charge in [0.15, 0.2) is 0 Å². The molecule has 0 spiro atoms. The highest BCUT2D eigenvalue weighted by atomic mass is 16.1. The summed E-state index contributed by atoms with van der Waals surface area (Å²) >= 11 is 0. The maximum absolute atomic E-state index is 10.4. The molecule has 1 aromatic carbocycles. The van der Waals surface area contributed by atoms with Gasteiger partial charge < -0.3 is 0 Å². The molecule has 0 unspecified atom stereocenters. The van der Waals surface area contributed by atoms with E-state index in [2.05, 4.69) is 31.8 Å². The van der Waals surface area contributed by atoms with Gasteiger partial charge in [0, 0.05) is 0 Å². The summed E-state index contributed by atoms with van der Waals surface area (Å²) in [5.41, 5.74) is 1.95. The van der Waals surface area contributed by atoms with Crippen molar-refractivity contribution in [1.29, 1.82) is 0 Å². The SMILES string of the molecule is CCCCCC(C)(C)c1ccccc1N=C=O. The molecule has 0 amide bonds. The summed E-state index contributed by atoms with van der Waals surface area (Å²) in [4.78, 5) is 14.2. The van der Waals surface area contributed by atoms with Crippen LogP contribution in [0.2, 0.25) is 0 Å². The minimum atomic E-state index is 0.0616. The molecule has 0 bridgehead atoms. The van der Waals surface area contributed by atoms with E-state index < -0.39 is 0 Å². The largest absolute Gasteiger partial charge is 0.240 e. The van der Waals surface area contributed by atoms with Crippen LogP contribution in [0.3, 0.4) is 0 Å². The number of rotatable bonds is 6. The first kappa shape index (κ1) is 13.7. The van der Waals surface area contributed by atoms with Gasteiger partial charge in [0.05, 0.1) is 5.69 Å². The first-order valence-electron chi connectivity index (χ1n) is 6.29. The molecule has 92 valence electrons. The van der Waals surface area contributed by atoms with Crippen LogP contribution in [0.4, 0.5) is 5.69 Å². The zero-order valence-electron chi connectivity index (χ0n) is 11.0. The van der Waals surface area contributed by atoms with E-state index in [0.29, 0.717) is 0 Å². The molecule has 17 heavy (non-hydrogen) atoms. The van der Waals surface area contributed by atoms with Crippen molar-refractivity contribution < 1.29 is 4.79 Å². The number of isocyanates is 1. The van der Waals surface area contributed by atoms with Crippen molar-refractivity contribution in [3.05, 3.63) is 29.8 Å². The van der Waals surface area contributed by atoms with Crippen LogP contribution in [0.15, 0.2) is 29.3 Å². The van der Waals surface area contributed by atoms with Gasteiger partial charge in [-0.2, -0.15) is 4.99 Å². The molecule has 1 rings (SSSR count). The summed E-state index contributed by atoms with van der Waals surface area (Å²) in [6.45, 7) is 6.63. The van der Waals surface area contributed by atoms with Crippen molar-refractivity contribution in [3.63, 3.8) is 0 Å². The molecule has 0 aliphatic heterocycles. The van der Waals surface area contributed by atoms with Gasteiger partial charge in [0.1, 0.15) is 0 Å². The van der Waals surface area contributed by atoms with E-state index in [1.807, 2.05) is 18.2 Å². The van der Waals surface area contributed by atoms with Gasteiger partial charge >= 0.3 is 0 Å². The van der Waals surface area contributed by atoms with Crippen molar-refractivity contribution in [2.24, 2.45) is 4.99 Å². The van der Waals surface area contributed by atoms with Gasteiger partial charge in [-0.15, -0.1) is 0 Å². The molecule has 0 aromatic heterocycles. The first-order valence-corrected chi connectivity index (χ1v) is 6.29. The van der Waals surface area contributed by atoms with Crippen LogP contribution in [0, 0.1) is 0 Å². The minimum absolute atomic E-state index is 0.0616. The van der Waals surface area contributed by atoms with Crippen LogP contribution < -0.4 is 0 Å². The minimum Gasteiger partial charge on any atom is -0.211 e. The van der Waals surface area contributed by atoms with E-state index in [0.717, 1.165) is 17.7 Å². The quantitative estimate of drug-likeness (QED) is 0.402. The lowest BCUT2D eigenvalue weighted by molar-refractivity contribution is 0.451. The average Bonchev–Trinajstić information content (AvgIpc) is 2.30. The molecule has 0 atom stereocenters. The van der Waals surface area contributed by atoms with Crippen LogP contribution in [0.25, 0.3) is 0 Å². The summed E-state index contributed by atoms with van der Waals surface area (Å²) in [5, 5.41) is 0. The molecule has 0 N–H and O–H groups in total. The van der Waals surface area contributed by atoms with Crippen molar-refractivity contribution in [2.45, 2.75) is 51.9 Å². The second-order valence-corrected chi connectivity index (χ2v) is 5.06. The number of benzene rings is 1. The molecule has 0 fully saturated rings. The highest BCUT2D eigenvalue weighted by Crippen LogP contribution is 2.35. The van der Waals surface area contributed by atoms with E-state index in [4.69, 9.17) is 0 Å². The molecule has 1 aromatic rings. The fourth-order valence-electron chi connectivity index (χ4n) is 2.14. The summed E-state index contributed by atoms with van der Waals surface area (Å²) in [5.74, 6) is 0. The van der Waals surface area contributed by atoms with Crippen LogP contribution >= 0.6 is 0 Å². The van der Waals surface area contributed by atoms with E-state index in [-0.39, 0.29) is 5.41 Å². The second kappa shape index (κ2) is 6.36. The standard InChI is InChI=1S/C15H21NO/c1-4-5-8-11-15(2,3)13-9-6-7-10-14(13)16-12-17/h6-7,9-10H,4-5,8,11H2,1-3H3. The fourth-order valence-corrected chi connectivity index (χ4v) is 2.14. The Hall–Kier alpha value is -1.40. The molecule has 0 saturated carbocycles. The predicted molar refractivity (Wildman–Crippen MR) is 71.4 cm³/mol. The van der Waals surface area contributed by atoms with Crippen molar-refractivity contribution >= 4 is 11.8 Å². The molecule has 2 heteroatoms. The molecule has 2 nitrogen and oxygen atoms in total. The van der Waals surface area contributed by atoms with Crippen LogP contribution in [0.5, 0.6) is 0 Å². The summed E-state index contributed by atoms with van der Waals surface area (Å²) in [6.07, 6.45) is 6.45. The summed E-state index contributed by atoms with van der Waals surface area (Å²) in [6, 6.07) is 7.84. The highest BCUT2D eigenvalue weighted by Gasteiger charge is 2.22. The van der Waals surface area contributed by atoms with Crippen LogP contribution in [-0.4, -0.2) is 6.08 Å². The molecular weight excluding hydrogens is 210 g/mol. The smallest absolute Gasteiger partial charge is 0.211 e. The monoisotopic (exact) mass is 231 g/mol. The summed E-state index contributed by atoms with van der Waals surface area (Å²) < 4.78 is 0. The topological polar surface area (TPSA) is 29.4 Å². The average molecular weight is 231 g/mol. The maximum atomic E-state index is 10.4. The van der Waals surface area contributed by atoms with Gasteiger partial charge in [0.25, 0.3) is 0 Å². The molecule has 0 radical (unpaired) electrons. The molecule has 0 aliphatic carbocycles. The third-order valence-electron chi connectivity index (χ3n) is 3.20. The van der Waals surface area contributed by atoms with Crippen molar-refractivity contribution in [3.8, 4) is 0 Å². The first-order chi connectivity index (χ1) is 8.11. The van der Waals surface area contributed by atoms with E-state index in [1.54, 1.807) is 6.08 Å². The van der Waals surface area contributed by atoms with Gasteiger partial charge in [-0.1, -0.05) is 58.2 Å². The molecular formula is C15H21NO. The van der Waals surface area contributed by atoms with E-state index >= 15 is 0 Å². The zero-order valence-corrected chi connectivity index (χ0v) is 11.0. The number of nitrogens with zero attached hydrogens (tertiary/aromatic N) is 1. The number of carbonyl (C=O) groups excluding carboxylic acids is 1. The Balaban J connectivity index is 2.92. The van der Waals surface area contributed by atoms with Gasteiger partial charge in [-0.05, 0) is 23.5 Å². The van der Waals surface area contributed by atoms with Crippen molar-refractivity contribution in [2.75, 3.05) is 0 Å². The van der Waals surface area contributed by atoms with Gasteiger partial charge in [0.2, 0.25) is 6.08 Å². The fraction of sp³-hybridized carbons (Fsp3) is 0.533. The Morgan fingerprint density at radius 2 is 1.94 bits per heavy atom. The van der Waals surface area contributed by atoms with Crippen LogP contribution in [-0.2, 0) is 10.2 Å². The molecule has 0 saturated heterocycles. The lowest BCUT2D eigenvalue weighted by Gasteiger charge is -2.26. The highest BCUT2D eigenvalue weighted by molar-refractivity contribution is 5.55. The number of hydrogen-bond donors (Lipinski definition) is 0. The number of unbranched alkanes of at least 4 members (excludes halogenated alkanes) is 2. The lowest BCUT2D eigenvalue weighted by atomic mass is 9.79. The maximum Gasteiger partial charge on any atom is 0.240 e. The second-order valence-electron chi connectivity index (χ2n) is 5.06. The Labute approximate surface area is 104 Å². The normalized spacial score (nSPS) is 11.0.